The Kier molecular flexibility index (Phi) is 4.93. The van der Waals surface area contributed by atoms with Crippen LogP contribution in [0.5, 0.6) is 0 Å². The van der Waals surface area contributed by atoms with Crippen LogP contribution >= 0.6 is 0 Å². The van der Waals surface area contributed by atoms with Gasteiger partial charge in [-0.05, 0) is 17.7 Å². The second-order valence-corrected chi connectivity index (χ2v) is 3.59. The van der Waals surface area contributed by atoms with Crippen LogP contribution in [0.25, 0.3) is 0 Å². The van der Waals surface area contributed by atoms with Crippen LogP contribution in [0.15, 0.2) is 24.5 Å². The summed E-state index contributed by atoms with van der Waals surface area (Å²) in [6.45, 7) is 0.594. The molecule has 92 valence electrons. The monoisotopic (exact) mass is 237 g/mol. The van der Waals surface area contributed by atoms with E-state index in [1.54, 1.807) is 19.4 Å². The molecule has 6 heteroatoms. The fourth-order valence-electron chi connectivity index (χ4n) is 1.25. The summed E-state index contributed by atoms with van der Waals surface area (Å²) in [5.74, 6) is -0.929. The summed E-state index contributed by atoms with van der Waals surface area (Å²) in [5, 5.41) is 11.0. The number of aromatic nitrogens is 1. The summed E-state index contributed by atoms with van der Waals surface area (Å²) in [4.78, 5) is 27.2. The SMILES string of the molecule is CN(Cc1ccncc1)C(=O)NCCC(=O)O. The fourth-order valence-corrected chi connectivity index (χ4v) is 1.25. The van der Waals surface area contributed by atoms with Gasteiger partial charge in [-0.3, -0.25) is 9.78 Å². The number of carbonyl (C=O) groups excluding carboxylic acids is 1. The summed E-state index contributed by atoms with van der Waals surface area (Å²) in [6.07, 6.45) is 3.24. The first-order valence-electron chi connectivity index (χ1n) is 5.19. The lowest BCUT2D eigenvalue weighted by atomic mass is 10.2. The van der Waals surface area contributed by atoms with Gasteiger partial charge in [-0.1, -0.05) is 0 Å². The van der Waals surface area contributed by atoms with Crippen LogP contribution < -0.4 is 5.32 Å². The quantitative estimate of drug-likeness (QED) is 0.789. The Bertz CT molecular complexity index is 381. The van der Waals surface area contributed by atoms with Crippen LogP contribution in [-0.2, 0) is 11.3 Å². The van der Waals surface area contributed by atoms with Gasteiger partial charge in [-0.15, -0.1) is 0 Å². The molecule has 17 heavy (non-hydrogen) atoms. The third kappa shape index (κ3) is 4.96. The van der Waals surface area contributed by atoms with Gasteiger partial charge in [-0.25, -0.2) is 4.79 Å². The van der Waals surface area contributed by atoms with Crippen molar-refractivity contribution >= 4 is 12.0 Å². The summed E-state index contributed by atoms with van der Waals surface area (Å²) >= 11 is 0. The first-order valence-corrected chi connectivity index (χ1v) is 5.19. The first-order chi connectivity index (χ1) is 8.09. The van der Waals surface area contributed by atoms with E-state index in [1.807, 2.05) is 12.1 Å². The highest BCUT2D eigenvalue weighted by atomic mass is 16.4. The Hall–Kier alpha value is -2.11. The van der Waals surface area contributed by atoms with Crippen molar-refractivity contribution in [2.24, 2.45) is 0 Å². The number of rotatable bonds is 5. The molecule has 0 aromatic carbocycles. The molecule has 0 saturated heterocycles. The van der Waals surface area contributed by atoms with E-state index < -0.39 is 5.97 Å². The van der Waals surface area contributed by atoms with Crippen LogP contribution in [-0.4, -0.2) is 40.6 Å². The number of nitrogens with one attached hydrogen (secondary N) is 1. The van der Waals surface area contributed by atoms with E-state index in [9.17, 15) is 9.59 Å². The van der Waals surface area contributed by atoms with Crippen LogP contribution in [0.3, 0.4) is 0 Å². The lowest BCUT2D eigenvalue weighted by molar-refractivity contribution is -0.136. The molecular formula is C11H15N3O3. The molecule has 0 aliphatic heterocycles. The normalized spacial score (nSPS) is 9.71. The highest BCUT2D eigenvalue weighted by molar-refractivity contribution is 5.74. The zero-order chi connectivity index (χ0) is 12.7. The van der Waals surface area contributed by atoms with Gasteiger partial charge in [-0.2, -0.15) is 0 Å². The van der Waals surface area contributed by atoms with Gasteiger partial charge in [0.1, 0.15) is 0 Å². The molecule has 0 spiro atoms. The maximum atomic E-state index is 11.5. The van der Waals surface area contributed by atoms with Gasteiger partial charge < -0.3 is 15.3 Å². The van der Waals surface area contributed by atoms with Gasteiger partial charge in [0, 0.05) is 32.5 Å². The molecule has 1 aromatic rings. The Morgan fingerprint density at radius 1 is 1.41 bits per heavy atom. The van der Waals surface area contributed by atoms with E-state index >= 15 is 0 Å². The number of nitrogens with zero attached hydrogens (tertiary/aromatic N) is 2. The molecule has 0 saturated carbocycles. The summed E-state index contributed by atoms with van der Waals surface area (Å²) in [6, 6.07) is 3.35. The van der Waals surface area contributed by atoms with Crippen molar-refractivity contribution in [3.8, 4) is 0 Å². The molecule has 0 fully saturated rings. The predicted molar refractivity (Wildman–Crippen MR) is 61.4 cm³/mol. The van der Waals surface area contributed by atoms with Crippen LogP contribution in [0.2, 0.25) is 0 Å². The average Bonchev–Trinajstić information content (AvgIpc) is 2.29. The first kappa shape index (κ1) is 13.0. The van der Waals surface area contributed by atoms with E-state index in [0.29, 0.717) is 6.54 Å². The molecule has 0 atom stereocenters. The Morgan fingerprint density at radius 3 is 2.65 bits per heavy atom. The second kappa shape index (κ2) is 6.47. The van der Waals surface area contributed by atoms with E-state index in [-0.39, 0.29) is 19.0 Å². The third-order valence-corrected chi connectivity index (χ3v) is 2.13. The molecule has 0 aliphatic rings. The standard InChI is InChI=1S/C11H15N3O3/c1-14(8-9-2-5-12-6-3-9)11(17)13-7-4-10(15)16/h2-3,5-6H,4,7-8H2,1H3,(H,13,17)(H,15,16). The number of pyridine rings is 1. The minimum Gasteiger partial charge on any atom is -0.481 e. The fraction of sp³-hybridized carbons (Fsp3) is 0.364. The molecule has 2 N–H and O–H groups in total. The number of urea groups is 1. The van der Waals surface area contributed by atoms with Crippen molar-refractivity contribution in [1.82, 2.24) is 15.2 Å². The third-order valence-electron chi connectivity index (χ3n) is 2.13. The minimum atomic E-state index is -0.929. The Balaban J connectivity index is 2.34. The topological polar surface area (TPSA) is 82.5 Å². The minimum absolute atomic E-state index is 0.0746. The lowest BCUT2D eigenvalue weighted by Gasteiger charge is -2.17. The number of aliphatic carboxylic acids is 1. The maximum Gasteiger partial charge on any atom is 0.317 e. The van der Waals surface area contributed by atoms with Crippen molar-refractivity contribution in [2.75, 3.05) is 13.6 Å². The number of carboxylic acid groups (broad SMARTS) is 1. The van der Waals surface area contributed by atoms with E-state index in [4.69, 9.17) is 5.11 Å². The smallest absolute Gasteiger partial charge is 0.317 e. The molecule has 1 aromatic heterocycles. The van der Waals surface area contributed by atoms with Crippen molar-refractivity contribution in [1.29, 1.82) is 0 Å². The van der Waals surface area contributed by atoms with E-state index in [1.165, 1.54) is 4.90 Å². The molecular weight excluding hydrogens is 222 g/mol. The van der Waals surface area contributed by atoms with Crippen LogP contribution in [0, 0.1) is 0 Å². The molecule has 0 bridgehead atoms. The molecule has 2 amide bonds. The molecule has 0 radical (unpaired) electrons. The van der Waals surface area contributed by atoms with Gasteiger partial charge >= 0.3 is 12.0 Å². The van der Waals surface area contributed by atoms with Gasteiger partial charge in [0.25, 0.3) is 0 Å². The summed E-state index contributed by atoms with van der Waals surface area (Å²) in [5.41, 5.74) is 0.968. The number of carboxylic acids is 1. The number of carbonyl (C=O) groups is 2. The van der Waals surface area contributed by atoms with Crippen LogP contribution in [0.1, 0.15) is 12.0 Å². The highest BCUT2D eigenvalue weighted by Gasteiger charge is 2.08. The molecule has 6 nitrogen and oxygen atoms in total. The van der Waals surface area contributed by atoms with Crippen molar-refractivity contribution < 1.29 is 14.7 Å². The molecule has 0 unspecified atom stereocenters. The second-order valence-electron chi connectivity index (χ2n) is 3.59. The maximum absolute atomic E-state index is 11.5. The van der Waals surface area contributed by atoms with E-state index in [2.05, 4.69) is 10.3 Å². The molecule has 1 heterocycles. The van der Waals surface area contributed by atoms with E-state index in [0.717, 1.165) is 5.56 Å². The van der Waals surface area contributed by atoms with Gasteiger partial charge in [0.15, 0.2) is 0 Å². The number of amides is 2. The summed E-state index contributed by atoms with van der Waals surface area (Å²) < 4.78 is 0. The van der Waals surface area contributed by atoms with Gasteiger partial charge in [0.2, 0.25) is 0 Å². The number of hydrogen-bond donors (Lipinski definition) is 2. The Labute approximate surface area is 99.3 Å². The highest BCUT2D eigenvalue weighted by Crippen LogP contribution is 2.00. The summed E-state index contributed by atoms with van der Waals surface area (Å²) in [7, 11) is 1.65. The predicted octanol–water partition coefficient (Wildman–Crippen LogP) is 0.698. The Morgan fingerprint density at radius 2 is 2.06 bits per heavy atom. The zero-order valence-corrected chi connectivity index (χ0v) is 9.59. The lowest BCUT2D eigenvalue weighted by Crippen LogP contribution is -2.37. The molecule has 1 rings (SSSR count). The van der Waals surface area contributed by atoms with Crippen LogP contribution in [0.4, 0.5) is 4.79 Å². The molecule has 0 aliphatic carbocycles. The number of hydrogen-bond acceptors (Lipinski definition) is 3. The van der Waals surface area contributed by atoms with Gasteiger partial charge in [0.05, 0.1) is 6.42 Å². The zero-order valence-electron chi connectivity index (χ0n) is 9.59. The van der Waals surface area contributed by atoms with Crippen molar-refractivity contribution in [2.45, 2.75) is 13.0 Å². The van der Waals surface area contributed by atoms with Crippen molar-refractivity contribution in [3.63, 3.8) is 0 Å². The average molecular weight is 237 g/mol. The van der Waals surface area contributed by atoms with Crippen molar-refractivity contribution in [3.05, 3.63) is 30.1 Å². The largest absolute Gasteiger partial charge is 0.481 e.